The van der Waals surface area contributed by atoms with Gasteiger partial charge in [0.25, 0.3) is 5.91 Å². The van der Waals surface area contributed by atoms with Gasteiger partial charge in [0.1, 0.15) is 0 Å². The molecule has 23 heavy (non-hydrogen) atoms. The Labute approximate surface area is 145 Å². The highest BCUT2D eigenvalue weighted by molar-refractivity contribution is 8.18. The second kappa shape index (κ2) is 7.75. The van der Waals surface area contributed by atoms with Gasteiger partial charge < -0.3 is 9.47 Å². The zero-order valence-electron chi connectivity index (χ0n) is 13.6. The largest absolute Gasteiger partial charge is 0.490 e. The minimum atomic E-state index is -0.0986. The van der Waals surface area contributed by atoms with E-state index in [9.17, 15) is 4.79 Å². The van der Waals surface area contributed by atoms with Gasteiger partial charge in [0.05, 0.1) is 23.1 Å². The minimum Gasteiger partial charge on any atom is -0.490 e. The van der Waals surface area contributed by atoms with Gasteiger partial charge in [-0.1, -0.05) is 11.6 Å². The Morgan fingerprint density at radius 3 is 2.39 bits per heavy atom. The number of hydrogen-bond donors (Lipinski definition) is 0. The van der Waals surface area contributed by atoms with Gasteiger partial charge in [0.15, 0.2) is 16.7 Å². The summed E-state index contributed by atoms with van der Waals surface area (Å²) in [6, 6.07) is 3.50. The first-order valence-corrected chi connectivity index (χ1v) is 8.44. The molecule has 2 rings (SSSR count). The van der Waals surface area contributed by atoms with E-state index < -0.39 is 0 Å². The van der Waals surface area contributed by atoms with Gasteiger partial charge in [-0.15, -0.1) is 0 Å². The predicted octanol–water partition coefficient (Wildman–Crippen LogP) is 3.67. The third-order valence-corrected chi connectivity index (χ3v) is 4.62. The molecule has 0 atom stereocenters. The van der Waals surface area contributed by atoms with Crippen LogP contribution in [0.3, 0.4) is 0 Å². The SMILES string of the molecule is CCOc1cc(Cl)c(/C=C2\SC(=NC)N(C)C2=O)cc1OCC. The number of aliphatic imine (C=N–C) groups is 1. The lowest BCUT2D eigenvalue weighted by Gasteiger charge is -2.13. The summed E-state index contributed by atoms with van der Waals surface area (Å²) < 4.78 is 11.1. The molecule has 0 spiro atoms. The number of likely N-dealkylation sites (N-methyl/N-ethyl adjacent to an activating group) is 1. The number of benzene rings is 1. The summed E-state index contributed by atoms with van der Waals surface area (Å²) in [5, 5.41) is 1.16. The first-order valence-electron chi connectivity index (χ1n) is 7.25. The van der Waals surface area contributed by atoms with Crippen molar-refractivity contribution >= 4 is 40.5 Å². The van der Waals surface area contributed by atoms with Crippen LogP contribution in [-0.4, -0.2) is 43.3 Å². The molecule has 0 bridgehead atoms. The number of carbonyl (C=O) groups excluding carboxylic acids is 1. The van der Waals surface area contributed by atoms with Crippen LogP contribution in [0, 0.1) is 0 Å². The van der Waals surface area contributed by atoms with E-state index in [4.69, 9.17) is 21.1 Å². The summed E-state index contributed by atoms with van der Waals surface area (Å²) in [4.78, 5) is 18.4. The van der Waals surface area contributed by atoms with Gasteiger partial charge in [-0.3, -0.25) is 14.7 Å². The molecule has 5 nitrogen and oxygen atoms in total. The van der Waals surface area contributed by atoms with Crippen molar-refractivity contribution in [1.29, 1.82) is 0 Å². The quantitative estimate of drug-likeness (QED) is 0.757. The molecule has 124 valence electrons. The predicted molar refractivity (Wildman–Crippen MR) is 95.5 cm³/mol. The van der Waals surface area contributed by atoms with Gasteiger partial charge in [0.2, 0.25) is 0 Å². The van der Waals surface area contributed by atoms with Crippen LogP contribution in [-0.2, 0) is 4.79 Å². The van der Waals surface area contributed by atoms with Crippen LogP contribution in [0.15, 0.2) is 22.0 Å². The van der Waals surface area contributed by atoms with Crippen molar-refractivity contribution in [3.63, 3.8) is 0 Å². The lowest BCUT2D eigenvalue weighted by atomic mass is 10.1. The number of nitrogens with zero attached hydrogens (tertiary/aromatic N) is 2. The van der Waals surface area contributed by atoms with Crippen LogP contribution in [0.4, 0.5) is 0 Å². The summed E-state index contributed by atoms with van der Waals surface area (Å²) in [7, 11) is 3.36. The van der Waals surface area contributed by atoms with Crippen LogP contribution in [0.1, 0.15) is 19.4 Å². The standard InChI is InChI=1S/C16H19ClN2O3S/c1-5-21-12-7-10(11(17)9-13(12)22-6-2)8-14-15(20)19(4)16(18-3)23-14/h7-9H,5-6H2,1-4H3/b14-8-,18-16?. The molecular formula is C16H19ClN2O3S. The van der Waals surface area contributed by atoms with Crippen molar-refractivity contribution in [1.82, 2.24) is 4.90 Å². The third-order valence-electron chi connectivity index (χ3n) is 3.14. The fraction of sp³-hybridized carbons (Fsp3) is 0.375. The normalized spacial score (nSPS) is 18.1. The van der Waals surface area contributed by atoms with E-state index in [0.29, 0.717) is 45.4 Å². The van der Waals surface area contributed by atoms with Crippen molar-refractivity contribution < 1.29 is 14.3 Å². The highest BCUT2D eigenvalue weighted by Crippen LogP contribution is 2.37. The molecule has 1 saturated heterocycles. The number of amides is 1. The first-order chi connectivity index (χ1) is 11.0. The van der Waals surface area contributed by atoms with Crippen molar-refractivity contribution in [2.75, 3.05) is 27.3 Å². The van der Waals surface area contributed by atoms with E-state index in [2.05, 4.69) is 4.99 Å². The topological polar surface area (TPSA) is 51.1 Å². The minimum absolute atomic E-state index is 0.0986. The van der Waals surface area contributed by atoms with E-state index in [1.54, 1.807) is 32.3 Å². The molecule has 1 aliphatic rings. The molecule has 0 unspecified atom stereocenters. The van der Waals surface area contributed by atoms with E-state index in [1.165, 1.54) is 16.7 Å². The molecule has 0 radical (unpaired) electrons. The Balaban J connectivity index is 2.42. The zero-order chi connectivity index (χ0) is 17.0. The number of ether oxygens (including phenoxy) is 2. The number of rotatable bonds is 5. The Morgan fingerprint density at radius 1 is 1.26 bits per heavy atom. The Morgan fingerprint density at radius 2 is 1.87 bits per heavy atom. The fourth-order valence-electron chi connectivity index (χ4n) is 2.09. The van der Waals surface area contributed by atoms with Gasteiger partial charge in [-0.25, -0.2) is 0 Å². The number of halogens is 1. The van der Waals surface area contributed by atoms with Crippen LogP contribution in [0.5, 0.6) is 11.5 Å². The van der Waals surface area contributed by atoms with E-state index in [-0.39, 0.29) is 5.91 Å². The Hall–Kier alpha value is -1.66. The average Bonchev–Trinajstić information content (AvgIpc) is 2.80. The van der Waals surface area contributed by atoms with Crippen molar-refractivity contribution in [2.45, 2.75) is 13.8 Å². The molecule has 1 aromatic carbocycles. The lowest BCUT2D eigenvalue weighted by Crippen LogP contribution is -2.23. The van der Waals surface area contributed by atoms with Crippen molar-refractivity contribution in [3.8, 4) is 11.5 Å². The Kier molecular flexibility index (Phi) is 5.96. The maximum absolute atomic E-state index is 12.2. The van der Waals surface area contributed by atoms with Gasteiger partial charge in [-0.2, -0.15) is 0 Å². The third kappa shape index (κ3) is 3.82. The Bertz CT molecular complexity index is 674. The molecular weight excluding hydrogens is 336 g/mol. The van der Waals surface area contributed by atoms with E-state index >= 15 is 0 Å². The molecule has 1 fully saturated rings. The summed E-state index contributed by atoms with van der Waals surface area (Å²) in [5.41, 5.74) is 0.708. The average molecular weight is 355 g/mol. The zero-order valence-corrected chi connectivity index (χ0v) is 15.1. The molecule has 0 aromatic heterocycles. The smallest absolute Gasteiger partial charge is 0.266 e. The van der Waals surface area contributed by atoms with Gasteiger partial charge in [0, 0.05) is 20.2 Å². The van der Waals surface area contributed by atoms with Crippen LogP contribution in [0.25, 0.3) is 6.08 Å². The molecule has 1 aliphatic heterocycles. The molecule has 0 N–H and O–H groups in total. The van der Waals surface area contributed by atoms with Gasteiger partial charge >= 0.3 is 0 Å². The summed E-state index contributed by atoms with van der Waals surface area (Å²) in [6.07, 6.45) is 1.75. The fourth-order valence-corrected chi connectivity index (χ4v) is 3.21. The van der Waals surface area contributed by atoms with E-state index in [1.807, 2.05) is 13.8 Å². The lowest BCUT2D eigenvalue weighted by molar-refractivity contribution is -0.121. The summed E-state index contributed by atoms with van der Waals surface area (Å²) >= 11 is 7.65. The van der Waals surface area contributed by atoms with Crippen LogP contribution in [0.2, 0.25) is 5.02 Å². The van der Waals surface area contributed by atoms with Crippen molar-refractivity contribution in [2.24, 2.45) is 4.99 Å². The second-order valence-corrected chi connectivity index (χ2v) is 6.08. The number of amidine groups is 1. The summed E-state index contributed by atoms with van der Waals surface area (Å²) in [6.45, 7) is 4.83. The highest BCUT2D eigenvalue weighted by Gasteiger charge is 2.30. The molecule has 0 saturated carbocycles. The monoisotopic (exact) mass is 354 g/mol. The van der Waals surface area contributed by atoms with Crippen molar-refractivity contribution in [3.05, 3.63) is 27.6 Å². The number of carbonyl (C=O) groups is 1. The molecule has 1 amide bonds. The molecule has 7 heteroatoms. The van der Waals surface area contributed by atoms with Gasteiger partial charge in [-0.05, 0) is 43.3 Å². The highest BCUT2D eigenvalue weighted by atomic mass is 35.5. The molecule has 1 aromatic rings. The first kappa shape index (κ1) is 17.7. The van der Waals surface area contributed by atoms with Crippen LogP contribution < -0.4 is 9.47 Å². The second-order valence-electron chi connectivity index (χ2n) is 4.67. The molecule has 1 heterocycles. The van der Waals surface area contributed by atoms with Crippen LogP contribution >= 0.6 is 23.4 Å². The molecule has 0 aliphatic carbocycles. The maximum atomic E-state index is 12.2. The maximum Gasteiger partial charge on any atom is 0.266 e. The summed E-state index contributed by atoms with van der Waals surface area (Å²) in [5.74, 6) is 1.11. The number of thioether (sulfide) groups is 1. The number of hydrogen-bond acceptors (Lipinski definition) is 5. The van der Waals surface area contributed by atoms with E-state index in [0.717, 1.165) is 0 Å².